The molecule has 0 radical (unpaired) electrons. The van der Waals surface area contributed by atoms with Crippen molar-refractivity contribution in [2.45, 2.75) is 25.2 Å². The summed E-state index contributed by atoms with van der Waals surface area (Å²) in [5.74, 6) is -0.0884. The number of Topliss-reactive ketones (excluding diaryl/α,β-unsaturated/α-hetero) is 1. The lowest BCUT2D eigenvalue weighted by molar-refractivity contribution is 0.0982. The summed E-state index contributed by atoms with van der Waals surface area (Å²) < 4.78 is 27.4. The van der Waals surface area contributed by atoms with E-state index in [1.807, 2.05) is 13.0 Å². The Morgan fingerprint density at radius 3 is 2.52 bits per heavy atom. The zero-order valence-corrected chi connectivity index (χ0v) is 14.4. The molecule has 0 fully saturated rings. The first kappa shape index (κ1) is 16.0. The molecule has 120 valence electrons. The monoisotopic (exact) mass is 349 g/mol. The topological polar surface area (TPSA) is 54.5 Å². The maximum atomic E-state index is 13.1. The molecule has 1 heterocycles. The van der Waals surface area contributed by atoms with Gasteiger partial charge < -0.3 is 0 Å². The fraction of sp³-hybridized carbons (Fsp3) is 0.235. The van der Waals surface area contributed by atoms with Gasteiger partial charge in [-0.1, -0.05) is 29.3 Å². The fourth-order valence-electron chi connectivity index (χ4n) is 2.86. The molecular formula is C17H16ClNO3S. The number of hydrogen-bond acceptors (Lipinski definition) is 3. The van der Waals surface area contributed by atoms with E-state index in [-0.39, 0.29) is 23.6 Å². The van der Waals surface area contributed by atoms with E-state index in [1.54, 1.807) is 31.2 Å². The summed E-state index contributed by atoms with van der Waals surface area (Å²) in [4.78, 5) is 12.3. The van der Waals surface area contributed by atoms with Crippen molar-refractivity contribution in [1.82, 2.24) is 0 Å². The van der Waals surface area contributed by atoms with E-state index in [0.29, 0.717) is 21.8 Å². The highest BCUT2D eigenvalue weighted by Gasteiger charge is 2.33. The van der Waals surface area contributed by atoms with Gasteiger partial charge in [-0.3, -0.25) is 9.10 Å². The zero-order valence-electron chi connectivity index (χ0n) is 12.8. The van der Waals surface area contributed by atoms with E-state index in [1.165, 1.54) is 10.4 Å². The number of fused-ring (bicyclic) bond motifs is 1. The number of aryl methyl sites for hydroxylation is 2. The summed E-state index contributed by atoms with van der Waals surface area (Å²) in [7, 11) is -3.72. The van der Waals surface area contributed by atoms with Crippen molar-refractivity contribution in [2.75, 3.05) is 10.8 Å². The quantitative estimate of drug-likeness (QED) is 0.829. The van der Waals surface area contributed by atoms with E-state index < -0.39 is 10.0 Å². The van der Waals surface area contributed by atoms with Gasteiger partial charge >= 0.3 is 0 Å². The molecule has 0 saturated carbocycles. The van der Waals surface area contributed by atoms with Gasteiger partial charge in [0, 0.05) is 23.6 Å². The van der Waals surface area contributed by atoms with Crippen LogP contribution in [0.25, 0.3) is 0 Å². The molecule has 0 amide bonds. The minimum Gasteiger partial charge on any atom is -0.294 e. The van der Waals surface area contributed by atoms with Crippen LogP contribution in [0.5, 0.6) is 0 Å². The first-order chi connectivity index (χ1) is 10.8. The number of ketones is 1. The van der Waals surface area contributed by atoms with Gasteiger partial charge in [0.2, 0.25) is 0 Å². The zero-order chi connectivity index (χ0) is 16.8. The Bertz CT molecular complexity index is 906. The minimum absolute atomic E-state index is 0.0884. The third-order valence-corrected chi connectivity index (χ3v) is 6.18. The average molecular weight is 350 g/mol. The van der Waals surface area contributed by atoms with Crippen molar-refractivity contribution in [1.29, 1.82) is 0 Å². The Hall–Kier alpha value is -1.85. The maximum Gasteiger partial charge on any atom is 0.264 e. The predicted molar refractivity (Wildman–Crippen MR) is 90.8 cm³/mol. The maximum absolute atomic E-state index is 13.1. The molecule has 0 N–H and O–H groups in total. The summed E-state index contributed by atoms with van der Waals surface area (Å²) in [5.41, 5.74) is 2.45. The van der Waals surface area contributed by atoms with Crippen LogP contribution in [-0.2, 0) is 10.0 Å². The summed E-state index contributed by atoms with van der Waals surface area (Å²) in [6.07, 6.45) is 0.150. The van der Waals surface area contributed by atoms with Crippen LogP contribution in [0, 0.1) is 13.8 Å². The van der Waals surface area contributed by atoms with Crippen molar-refractivity contribution in [3.8, 4) is 0 Å². The number of hydrogen-bond donors (Lipinski definition) is 0. The average Bonchev–Trinajstić information content (AvgIpc) is 2.47. The van der Waals surface area contributed by atoms with Crippen LogP contribution >= 0.6 is 11.6 Å². The highest BCUT2D eigenvalue weighted by Crippen LogP contribution is 2.34. The normalized spacial score (nSPS) is 14.7. The number of carbonyl (C=O) groups is 1. The van der Waals surface area contributed by atoms with E-state index in [0.717, 1.165) is 5.56 Å². The number of rotatable bonds is 2. The van der Waals surface area contributed by atoms with Gasteiger partial charge in [0.25, 0.3) is 10.0 Å². The molecule has 6 heteroatoms. The van der Waals surface area contributed by atoms with Gasteiger partial charge in [0.1, 0.15) is 0 Å². The van der Waals surface area contributed by atoms with Crippen molar-refractivity contribution in [3.63, 3.8) is 0 Å². The molecule has 1 aliphatic rings. The third kappa shape index (κ3) is 2.75. The first-order valence-electron chi connectivity index (χ1n) is 7.23. The highest BCUT2D eigenvalue weighted by molar-refractivity contribution is 7.92. The molecule has 0 aliphatic carbocycles. The molecule has 2 aromatic rings. The van der Waals surface area contributed by atoms with E-state index in [9.17, 15) is 13.2 Å². The number of anilines is 1. The second kappa shape index (κ2) is 5.65. The molecule has 0 aromatic heterocycles. The van der Waals surface area contributed by atoms with Crippen molar-refractivity contribution in [2.24, 2.45) is 0 Å². The van der Waals surface area contributed by atoms with E-state index in [2.05, 4.69) is 0 Å². The summed E-state index contributed by atoms with van der Waals surface area (Å²) in [6, 6.07) is 9.96. The molecule has 0 unspecified atom stereocenters. The van der Waals surface area contributed by atoms with Crippen molar-refractivity contribution >= 4 is 33.1 Å². The molecule has 0 bridgehead atoms. The van der Waals surface area contributed by atoms with Gasteiger partial charge in [-0.15, -0.1) is 0 Å². The van der Waals surface area contributed by atoms with Gasteiger partial charge in [-0.05, 0) is 43.7 Å². The van der Waals surface area contributed by atoms with Gasteiger partial charge in [0.15, 0.2) is 5.78 Å². The van der Waals surface area contributed by atoms with Crippen LogP contribution in [0.4, 0.5) is 5.69 Å². The molecule has 4 nitrogen and oxygen atoms in total. The van der Waals surface area contributed by atoms with Gasteiger partial charge in [-0.2, -0.15) is 0 Å². The number of sulfonamides is 1. The van der Waals surface area contributed by atoms with Crippen LogP contribution in [0.15, 0.2) is 41.3 Å². The van der Waals surface area contributed by atoms with Crippen LogP contribution in [0.3, 0.4) is 0 Å². The summed E-state index contributed by atoms with van der Waals surface area (Å²) >= 11 is 5.94. The van der Waals surface area contributed by atoms with E-state index >= 15 is 0 Å². The molecule has 23 heavy (non-hydrogen) atoms. The summed E-state index contributed by atoms with van der Waals surface area (Å²) in [5, 5.41) is 0.419. The lowest BCUT2D eigenvalue weighted by Gasteiger charge is -2.30. The second-order valence-electron chi connectivity index (χ2n) is 5.68. The number of benzene rings is 2. The van der Waals surface area contributed by atoms with Crippen LogP contribution in [0.1, 0.15) is 27.9 Å². The number of halogens is 1. The molecule has 0 atom stereocenters. The smallest absolute Gasteiger partial charge is 0.264 e. The standard InChI is InChI=1S/C17H16ClNO3S/c1-11-3-6-17(12(2)9-11)23(21,22)19-8-7-16(20)14-10-13(18)4-5-15(14)19/h3-6,9-10H,7-8H2,1-2H3. The lowest BCUT2D eigenvalue weighted by atomic mass is 10.0. The SMILES string of the molecule is Cc1ccc(S(=O)(=O)N2CCC(=O)c3cc(Cl)ccc32)c(C)c1. The van der Waals surface area contributed by atoms with Gasteiger partial charge in [0.05, 0.1) is 10.6 Å². The predicted octanol–water partition coefficient (Wildman–Crippen LogP) is 3.74. The van der Waals surface area contributed by atoms with Crippen LogP contribution in [0.2, 0.25) is 5.02 Å². The second-order valence-corrected chi connectivity index (χ2v) is 7.95. The Morgan fingerprint density at radius 2 is 1.83 bits per heavy atom. The minimum atomic E-state index is -3.72. The number of nitrogens with zero attached hydrogens (tertiary/aromatic N) is 1. The number of carbonyl (C=O) groups excluding carboxylic acids is 1. The third-order valence-electron chi connectivity index (χ3n) is 3.97. The van der Waals surface area contributed by atoms with Gasteiger partial charge in [-0.25, -0.2) is 8.42 Å². The lowest BCUT2D eigenvalue weighted by Crippen LogP contribution is -2.37. The highest BCUT2D eigenvalue weighted by atomic mass is 35.5. The molecule has 3 rings (SSSR count). The Kier molecular flexibility index (Phi) is 3.94. The molecule has 0 spiro atoms. The molecule has 2 aromatic carbocycles. The Morgan fingerprint density at radius 1 is 1.09 bits per heavy atom. The van der Waals surface area contributed by atoms with Crippen molar-refractivity contribution < 1.29 is 13.2 Å². The molecule has 0 saturated heterocycles. The fourth-order valence-corrected chi connectivity index (χ4v) is 4.73. The Labute approximate surface area is 140 Å². The van der Waals surface area contributed by atoms with Crippen molar-refractivity contribution in [3.05, 3.63) is 58.1 Å². The Balaban J connectivity index is 2.15. The van der Waals surface area contributed by atoms with Crippen LogP contribution < -0.4 is 4.31 Å². The largest absolute Gasteiger partial charge is 0.294 e. The first-order valence-corrected chi connectivity index (χ1v) is 9.05. The van der Waals surface area contributed by atoms with E-state index in [4.69, 9.17) is 11.6 Å². The molecule has 1 aliphatic heterocycles. The molecular weight excluding hydrogens is 334 g/mol. The van der Waals surface area contributed by atoms with Crippen LogP contribution in [-0.4, -0.2) is 20.7 Å². The summed E-state index contributed by atoms with van der Waals surface area (Å²) in [6.45, 7) is 3.83.